The number of ketones is 1. The van der Waals surface area contributed by atoms with Crippen LogP contribution in [0.1, 0.15) is 15.9 Å². The summed E-state index contributed by atoms with van der Waals surface area (Å²) in [5.74, 6) is -2.19. The van der Waals surface area contributed by atoms with Crippen LogP contribution in [0, 0.1) is 0 Å². The molecular formula is C25H21N5O3. The van der Waals surface area contributed by atoms with Gasteiger partial charge in [-0.15, -0.1) is 0 Å². The average Bonchev–Trinajstić information content (AvgIpc) is 3.34. The normalized spacial score (nSPS) is 11.5. The van der Waals surface area contributed by atoms with E-state index in [4.69, 9.17) is 5.73 Å². The maximum absolute atomic E-state index is 13.2. The van der Waals surface area contributed by atoms with Crippen LogP contribution in [0.15, 0.2) is 91.5 Å². The second-order valence-corrected chi connectivity index (χ2v) is 7.35. The molecule has 164 valence electrons. The Balaban J connectivity index is 1.61. The van der Waals surface area contributed by atoms with Crippen LogP contribution in [0.25, 0.3) is 17.1 Å². The van der Waals surface area contributed by atoms with Crippen molar-refractivity contribution >= 4 is 17.6 Å². The van der Waals surface area contributed by atoms with Gasteiger partial charge >= 0.3 is 0 Å². The van der Waals surface area contributed by atoms with E-state index in [-0.39, 0.29) is 12.0 Å². The quantitative estimate of drug-likeness (QED) is 0.408. The van der Waals surface area contributed by atoms with Crippen molar-refractivity contribution in [3.8, 4) is 17.1 Å². The van der Waals surface area contributed by atoms with Gasteiger partial charge in [0.05, 0.1) is 11.3 Å². The van der Waals surface area contributed by atoms with Crippen LogP contribution >= 0.6 is 0 Å². The minimum Gasteiger partial charge on any atom is -0.363 e. The summed E-state index contributed by atoms with van der Waals surface area (Å²) in [6.07, 6.45) is 5.03. The highest BCUT2D eigenvalue weighted by Crippen LogP contribution is 2.19. The van der Waals surface area contributed by atoms with E-state index in [0.29, 0.717) is 5.82 Å². The Labute approximate surface area is 190 Å². The van der Waals surface area contributed by atoms with E-state index in [1.807, 2.05) is 48.5 Å². The van der Waals surface area contributed by atoms with Gasteiger partial charge in [-0.2, -0.15) is 0 Å². The number of nitrogens with one attached hydrogen (secondary N) is 1. The minimum atomic E-state index is -1.11. The van der Waals surface area contributed by atoms with Crippen LogP contribution in [0.5, 0.6) is 0 Å². The zero-order valence-electron chi connectivity index (χ0n) is 17.6. The number of rotatable bonds is 8. The number of aromatic nitrogens is 3. The fraction of sp³-hybridized carbons (Fsp3) is 0.0800. The number of amides is 2. The molecule has 0 bridgehead atoms. The molecule has 8 heteroatoms. The molecule has 33 heavy (non-hydrogen) atoms. The molecule has 2 aromatic carbocycles. The molecule has 0 aliphatic rings. The first-order chi connectivity index (χ1) is 16.0. The van der Waals surface area contributed by atoms with Gasteiger partial charge in [-0.05, 0) is 17.7 Å². The van der Waals surface area contributed by atoms with Crippen LogP contribution in [0.2, 0.25) is 0 Å². The van der Waals surface area contributed by atoms with Crippen LogP contribution in [-0.4, -0.2) is 38.2 Å². The van der Waals surface area contributed by atoms with E-state index in [9.17, 15) is 14.4 Å². The third kappa shape index (κ3) is 5.01. The third-order valence-corrected chi connectivity index (χ3v) is 5.08. The van der Waals surface area contributed by atoms with Gasteiger partial charge in [-0.3, -0.25) is 19.0 Å². The molecule has 3 N–H and O–H groups in total. The summed E-state index contributed by atoms with van der Waals surface area (Å²) < 4.78 is 1.64. The molecule has 0 radical (unpaired) electrons. The first-order valence-corrected chi connectivity index (χ1v) is 10.3. The van der Waals surface area contributed by atoms with Crippen molar-refractivity contribution in [2.24, 2.45) is 5.73 Å². The van der Waals surface area contributed by atoms with E-state index in [1.165, 1.54) is 0 Å². The lowest BCUT2D eigenvalue weighted by atomic mass is 10.0. The number of hydrogen-bond acceptors (Lipinski definition) is 5. The number of hydrogen-bond donors (Lipinski definition) is 2. The molecule has 0 saturated carbocycles. The van der Waals surface area contributed by atoms with Gasteiger partial charge in [0.2, 0.25) is 5.78 Å². The first kappa shape index (κ1) is 21.6. The van der Waals surface area contributed by atoms with E-state index < -0.39 is 23.6 Å². The molecule has 4 aromatic rings. The van der Waals surface area contributed by atoms with Gasteiger partial charge in [0.15, 0.2) is 5.82 Å². The lowest BCUT2D eigenvalue weighted by Crippen LogP contribution is -2.47. The van der Waals surface area contributed by atoms with Crippen LogP contribution < -0.4 is 11.1 Å². The lowest BCUT2D eigenvalue weighted by Gasteiger charge is -2.17. The van der Waals surface area contributed by atoms with Crippen molar-refractivity contribution in [1.82, 2.24) is 19.9 Å². The molecule has 1 unspecified atom stereocenters. The lowest BCUT2D eigenvalue weighted by molar-refractivity contribution is -0.137. The molecule has 0 aliphatic heterocycles. The Morgan fingerprint density at radius 2 is 1.61 bits per heavy atom. The molecule has 2 heterocycles. The number of Topliss-reactive ketones (excluding diaryl/α,β-unsaturated/α-hetero) is 1. The summed E-state index contributed by atoms with van der Waals surface area (Å²) in [5.41, 5.74) is 7.87. The predicted octanol–water partition coefficient (Wildman–Crippen LogP) is 2.33. The Bertz CT molecular complexity index is 1290. The number of nitrogens with zero attached hydrogens (tertiary/aromatic N) is 3. The highest BCUT2D eigenvalue weighted by atomic mass is 16.2. The highest BCUT2D eigenvalue weighted by Gasteiger charge is 2.27. The Morgan fingerprint density at radius 3 is 2.30 bits per heavy atom. The highest BCUT2D eigenvalue weighted by molar-refractivity contribution is 6.38. The van der Waals surface area contributed by atoms with Gasteiger partial charge in [-0.1, -0.05) is 60.7 Å². The topological polar surface area (TPSA) is 120 Å². The molecule has 2 aromatic heterocycles. The molecular weight excluding hydrogens is 418 g/mol. The number of carbonyl (C=O) groups excluding carboxylic acids is 3. The summed E-state index contributed by atoms with van der Waals surface area (Å²) in [6, 6.07) is 20.8. The summed E-state index contributed by atoms with van der Waals surface area (Å²) in [6.45, 7) is 0. The summed E-state index contributed by atoms with van der Waals surface area (Å²) in [4.78, 5) is 45.9. The number of imidazole rings is 1. The monoisotopic (exact) mass is 439 g/mol. The molecule has 0 spiro atoms. The summed E-state index contributed by atoms with van der Waals surface area (Å²) >= 11 is 0. The maximum Gasteiger partial charge on any atom is 0.287 e. The van der Waals surface area contributed by atoms with Crippen molar-refractivity contribution < 1.29 is 14.4 Å². The Morgan fingerprint density at radius 1 is 0.909 bits per heavy atom. The molecule has 0 saturated heterocycles. The Kier molecular flexibility index (Phi) is 6.36. The second kappa shape index (κ2) is 9.69. The van der Waals surface area contributed by atoms with Crippen LogP contribution in [-0.2, 0) is 16.0 Å². The smallest absolute Gasteiger partial charge is 0.287 e. The van der Waals surface area contributed by atoms with E-state index in [2.05, 4.69) is 15.3 Å². The van der Waals surface area contributed by atoms with Gasteiger partial charge < -0.3 is 11.1 Å². The van der Waals surface area contributed by atoms with Crippen molar-refractivity contribution in [3.63, 3.8) is 0 Å². The zero-order valence-corrected chi connectivity index (χ0v) is 17.6. The van der Waals surface area contributed by atoms with Gasteiger partial charge in [0.1, 0.15) is 12.4 Å². The molecule has 2 amide bonds. The number of nitrogens with two attached hydrogens (primary N) is 1. The number of primary amides is 1. The molecule has 1 atom stereocenters. The average molecular weight is 439 g/mol. The molecule has 0 aliphatic carbocycles. The van der Waals surface area contributed by atoms with E-state index in [1.54, 1.807) is 47.6 Å². The number of benzene rings is 2. The minimum absolute atomic E-state index is 0.132. The summed E-state index contributed by atoms with van der Waals surface area (Å²) in [5, 5.41) is 2.65. The van der Waals surface area contributed by atoms with Gasteiger partial charge in [0.25, 0.3) is 11.8 Å². The van der Waals surface area contributed by atoms with Crippen molar-refractivity contribution in [2.45, 2.75) is 12.5 Å². The number of carbonyl (C=O) groups is 3. The SMILES string of the molecule is NC(=O)C(=O)C(Cc1ccccc1)NC(=O)c1cccnc1-n1cnc(-c2ccccc2)c1. The van der Waals surface area contributed by atoms with Crippen LogP contribution in [0.4, 0.5) is 0 Å². The second-order valence-electron chi connectivity index (χ2n) is 7.35. The first-order valence-electron chi connectivity index (χ1n) is 10.3. The Hall–Kier alpha value is -4.59. The van der Waals surface area contributed by atoms with E-state index >= 15 is 0 Å². The standard InChI is InChI=1S/C25H21N5O3/c26-23(32)22(31)20(14-17-8-3-1-4-9-17)29-25(33)19-12-7-13-27-24(19)30-15-21(28-16-30)18-10-5-2-6-11-18/h1-13,15-16,20H,14H2,(H2,26,32)(H,29,33). The number of pyridine rings is 1. The molecule has 8 nitrogen and oxygen atoms in total. The summed E-state index contributed by atoms with van der Waals surface area (Å²) in [7, 11) is 0. The van der Waals surface area contributed by atoms with Gasteiger partial charge in [-0.25, -0.2) is 9.97 Å². The van der Waals surface area contributed by atoms with E-state index in [0.717, 1.165) is 16.8 Å². The maximum atomic E-state index is 13.2. The fourth-order valence-corrected chi connectivity index (χ4v) is 3.44. The zero-order chi connectivity index (χ0) is 23.2. The van der Waals surface area contributed by atoms with Crippen molar-refractivity contribution in [3.05, 3.63) is 103 Å². The molecule has 4 rings (SSSR count). The van der Waals surface area contributed by atoms with Crippen molar-refractivity contribution in [2.75, 3.05) is 0 Å². The predicted molar refractivity (Wildman–Crippen MR) is 122 cm³/mol. The molecule has 0 fully saturated rings. The van der Waals surface area contributed by atoms with Gasteiger partial charge in [0, 0.05) is 24.4 Å². The van der Waals surface area contributed by atoms with Crippen LogP contribution in [0.3, 0.4) is 0 Å². The van der Waals surface area contributed by atoms with Crippen molar-refractivity contribution in [1.29, 1.82) is 0 Å². The largest absolute Gasteiger partial charge is 0.363 e. The third-order valence-electron chi connectivity index (χ3n) is 5.08. The fourth-order valence-electron chi connectivity index (χ4n) is 3.44.